The molecule has 2 aromatic carbocycles. The SMILES string of the molecule is COc1ccccc1[C@@H](NC(=O)CCn1c(=O)[nH]c(=O)c2ccccc21)c1nccn1C. The van der Waals surface area contributed by atoms with Gasteiger partial charge in [-0.05, 0) is 18.2 Å². The maximum atomic E-state index is 12.9. The number of hydrogen-bond acceptors (Lipinski definition) is 5. The Labute approximate surface area is 183 Å². The van der Waals surface area contributed by atoms with E-state index in [1.54, 1.807) is 43.8 Å². The third-order valence-electron chi connectivity index (χ3n) is 5.34. The van der Waals surface area contributed by atoms with Crippen LogP contribution in [0.25, 0.3) is 10.9 Å². The van der Waals surface area contributed by atoms with Crippen molar-refractivity contribution in [2.24, 2.45) is 7.05 Å². The Morgan fingerprint density at radius 1 is 1.16 bits per heavy atom. The molecule has 1 amide bonds. The molecule has 2 heterocycles. The van der Waals surface area contributed by atoms with Gasteiger partial charge in [0.1, 0.15) is 17.6 Å². The van der Waals surface area contributed by atoms with Crippen molar-refractivity contribution in [3.05, 3.63) is 93.2 Å². The lowest BCUT2D eigenvalue weighted by Crippen LogP contribution is -2.34. The van der Waals surface area contributed by atoms with Crippen molar-refractivity contribution in [2.75, 3.05) is 7.11 Å². The molecule has 0 radical (unpaired) electrons. The highest BCUT2D eigenvalue weighted by Crippen LogP contribution is 2.29. The lowest BCUT2D eigenvalue weighted by molar-refractivity contribution is -0.121. The molecule has 4 rings (SSSR count). The number of fused-ring (bicyclic) bond motifs is 1. The van der Waals surface area contributed by atoms with Crippen LogP contribution in [-0.2, 0) is 18.4 Å². The van der Waals surface area contributed by atoms with E-state index in [4.69, 9.17) is 4.74 Å². The van der Waals surface area contributed by atoms with Gasteiger partial charge in [-0.15, -0.1) is 0 Å². The summed E-state index contributed by atoms with van der Waals surface area (Å²) in [6.07, 6.45) is 3.50. The van der Waals surface area contributed by atoms with Gasteiger partial charge < -0.3 is 14.6 Å². The number of carbonyl (C=O) groups is 1. The Morgan fingerprint density at radius 3 is 2.66 bits per heavy atom. The zero-order valence-electron chi connectivity index (χ0n) is 17.7. The fraction of sp³-hybridized carbons (Fsp3) is 0.217. The summed E-state index contributed by atoms with van der Waals surface area (Å²) < 4.78 is 8.71. The van der Waals surface area contributed by atoms with E-state index >= 15 is 0 Å². The number of hydrogen-bond donors (Lipinski definition) is 2. The lowest BCUT2D eigenvalue weighted by atomic mass is 10.0. The van der Waals surface area contributed by atoms with Crippen LogP contribution in [0.3, 0.4) is 0 Å². The maximum Gasteiger partial charge on any atom is 0.328 e. The van der Waals surface area contributed by atoms with Gasteiger partial charge in [0.15, 0.2) is 0 Å². The van der Waals surface area contributed by atoms with Gasteiger partial charge in [-0.3, -0.25) is 19.1 Å². The van der Waals surface area contributed by atoms with Crippen LogP contribution in [0, 0.1) is 0 Å². The molecule has 32 heavy (non-hydrogen) atoms. The van der Waals surface area contributed by atoms with E-state index in [0.717, 1.165) is 5.56 Å². The molecule has 2 aromatic heterocycles. The van der Waals surface area contributed by atoms with Crippen LogP contribution < -0.4 is 21.3 Å². The van der Waals surface area contributed by atoms with Crippen LogP contribution >= 0.6 is 0 Å². The van der Waals surface area contributed by atoms with Crippen molar-refractivity contribution in [3.63, 3.8) is 0 Å². The van der Waals surface area contributed by atoms with Gasteiger partial charge in [0.2, 0.25) is 5.91 Å². The van der Waals surface area contributed by atoms with Crippen molar-refractivity contribution in [1.29, 1.82) is 0 Å². The van der Waals surface area contributed by atoms with Crippen LogP contribution in [0.2, 0.25) is 0 Å². The molecule has 0 bridgehead atoms. The summed E-state index contributed by atoms with van der Waals surface area (Å²) in [6.45, 7) is 0.112. The van der Waals surface area contributed by atoms with Crippen LogP contribution in [0.5, 0.6) is 5.75 Å². The van der Waals surface area contributed by atoms with Crippen LogP contribution in [-0.4, -0.2) is 32.1 Å². The van der Waals surface area contributed by atoms with Crippen molar-refractivity contribution in [3.8, 4) is 5.75 Å². The first-order valence-electron chi connectivity index (χ1n) is 10.1. The number of nitrogens with zero attached hydrogens (tertiary/aromatic N) is 3. The number of aromatic nitrogens is 4. The second-order valence-electron chi connectivity index (χ2n) is 7.32. The molecular formula is C23H23N5O4. The fourth-order valence-corrected chi connectivity index (χ4v) is 3.75. The number of aryl methyl sites for hydroxylation is 2. The van der Waals surface area contributed by atoms with Crippen LogP contribution in [0.1, 0.15) is 23.9 Å². The van der Waals surface area contributed by atoms with E-state index in [0.29, 0.717) is 22.5 Å². The van der Waals surface area contributed by atoms with Gasteiger partial charge in [0.05, 0.1) is 18.0 Å². The second kappa shape index (κ2) is 8.93. The highest BCUT2D eigenvalue weighted by molar-refractivity contribution is 5.79. The Bertz CT molecular complexity index is 1380. The average molecular weight is 433 g/mol. The standard InChI is InChI=1S/C23H23N5O4/c1-27-14-12-24-21(27)20(16-8-4-6-10-18(16)32-2)25-19(29)11-13-28-17-9-5-3-7-15(17)22(30)26-23(28)31/h3-10,12,14,20H,11,13H2,1-2H3,(H,25,29)(H,26,30,31)/t20-/m1/s1. The number of ether oxygens (including phenoxy) is 1. The van der Waals surface area contributed by atoms with Gasteiger partial charge in [0, 0.05) is 38.0 Å². The first-order valence-corrected chi connectivity index (χ1v) is 10.1. The van der Waals surface area contributed by atoms with E-state index in [1.165, 1.54) is 4.57 Å². The van der Waals surface area contributed by atoms with Crippen molar-refractivity contribution < 1.29 is 9.53 Å². The highest BCUT2D eigenvalue weighted by Gasteiger charge is 2.24. The molecular weight excluding hydrogens is 410 g/mol. The van der Waals surface area contributed by atoms with Gasteiger partial charge in [-0.25, -0.2) is 9.78 Å². The fourth-order valence-electron chi connectivity index (χ4n) is 3.75. The van der Waals surface area contributed by atoms with E-state index in [1.807, 2.05) is 35.9 Å². The molecule has 0 aliphatic carbocycles. The highest BCUT2D eigenvalue weighted by atomic mass is 16.5. The summed E-state index contributed by atoms with van der Waals surface area (Å²) >= 11 is 0. The summed E-state index contributed by atoms with van der Waals surface area (Å²) in [4.78, 5) is 44.1. The number of methoxy groups -OCH3 is 1. The minimum Gasteiger partial charge on any atom is -0.496 e. The molecule has 0 spiro atoms. The van der Waals surface area contributed by atoms with Crippen molar-refractivity contribution >= 4 is 16.8 Å². The minimum atomic E-state index is -0.549. The molecule has 0 fully saturated rings. The number of aromatic amines is 1. The van der Waals surface area contributed by atoms with E-state index < -0.39 is 17.3 Å². The number of para-hydroxylation sites is 2. The smallest absolute Gasteiger partial charge is 0.328 e. The quantitative estimate of drug-likeness (QED) is 0.461. The van der Waals surface area contributed by atoms with Crippen LogP contribution in [0.4, 0.5) is 0 Å². The normalized spacial score (nSPS) is 11.9. The summed E-state index contributed by atoms with van der Waals surface area (Å²) in [5.74, 6) is 1.00. The van der Waals surface area contributed by atoms with E-state index in [-0.39, 0.29) is 18.9 Å². The summed E-state index contributed by atoms with van der Waals surface area (Å²) in [5.41, 5.74) is 0.257. The molecule has 1 atom stereocenters. The molecule has 0 aliphatic rings. The van der Waals surface area contributed by atoms with Gasteiger partial charge in [0.25, 0.3) is 5.56 Å². The molecule has 0 unspecified atom stereocenters. The summed E-state index contributed by atoms with van der Waals surface area (Å²) in [7, 11) is 3.42. The molecule has 4 aromatic rings. The number of benzene rings is 2. The predicted octanol–water partition coefficient (Wildman–Crippen LogP) is 1.73. The molecule has 164 valence electrons. The third kappa shape index (κ3) is 4.04. The first-order chi connectivity index (χ1) is 15.5. The number of carbonyl (C=O) groups excluding carboxylic acids is 1. The predicted molar refractivity (Wildman–Crippen MR) is 120 cm³/mol. The summed E-state index contributed by atoms with van der Waals surface area (Å²) in [5, 5.41) is 3.41. The topological polar surface area (TPSA) is 111 Å². The Morgan fingerprint density at radius 2 is 1.91 bits per heavy atom. The molecule has 2 N–H and O–H groups in total. The number of nitrogens with one attached hydrogen (secondary N) is 2. The van der Waals surface area contributed by atoms with Gasteiger partial charge in [-0.1, -0.05) is 30.3 Å². The monoisotopic (exact) mass is 433 g/mol. The Hall–Kier alpha value is -4.14. The third-order valence-corrected chi connectivity index (χ3v) is 5.34. The Balaban J connectivity index is 1.61. The molecule has 0 saturated carbocycles. The average Bonchev–Trinajstić information content (AvgIpc) is 3.23. The molecule has 0 aliphatic heterocycles. The van der Waals surface area contributed by atoms with E-state index in [9.17, 15) is 14.4 Å². The maximum absolute atomic E-state index is 12.9. The molecule has 0 saturated heterocycles. The van der Waals surface area contributed by atoms with Gasteiger partial charge in [-0.2, -0.15) is 0 Å². The van der Waals surface area contributed by atoms with Crippen LogP contribution in [0.15, 0.2) is 70.5 Å². The number of rotatable bonds is 7. The lowest BCUT2D eigenvalue weighted by Gasteiger charge is -2.21. The number of imidazole rings is 1. The number of H-pyrrole nitrogens is 1. The largest absolute Gasteiger partial charge is 0.496 e. The van der Waals surface area contributed by atoms with Crippen molar-refractivity contribution in [2.45, 2.75) is 19.0 Å². The second-order valence-corrected chi connectivity index (χ2v) is 7.32. The molecule has 9 nitrogen and oxygen atoms in total. The first kappa shape index (κ1) is 21.1. The Kier molecular flexibility index (Phi) is 5.89. The van der Waals surface area contributed by atoms with Crippen molar-refractivity contribution in [1.82, 2.24) is 24.4 Å². The van der Waals surface area contributed by atoms with E-state index in [2.05, 4.69) is 15.3 Å². The minimum absolute atomic E-state index is 0.0337. The number of amides is 1. The summed E-state index contributed by atoms with van der Waals surface area (Å²) in [6, 6.07) is 13.7. The van der Waals surface area contributed by atoms with Gasteiger partial charge >= 0.3 is 5.69 Å². The molecule has 9 heteroatoms. The zero-order chi connectivity index (χ0) is 22.7. The zero-order valence-corrected chi connectivity index (χ0v) is 17.7.